The molecule has 1 aromatic heterocycles. The number of amides is 1. The predicted molar refractivity (Wildman–Crippen MR) is 97.7 cm³/mol. The van der Waals surface area contributed by atoms with Crippen LogP contribution in [0.4, 0.5) is 0 Å². The highest BCUT2D eigenvalue weighted by Gasteiger charge is 2.27. The summed E-state index contributed by atoms with van der Waals surface area (Å²) in [7, 11) is -3.11. The summed E-state index contributed by atoms with van der Waals surface area (Å²) in [5, 5.41) is 3.00. The Morgan fingerprint density at radius 2 is 2.13 bits per heavy atom. The number of piperidine rings is 1. The number of hydrogen-bond donors (Lipinski definition) is 1. The summed E-state index contributed by atoms with van der Waals surface area (Å²) < 4.78 is 25.9. The van der Waals surface area contributed by atoms with Crippen molar-refractivity contribution in [2.45, 2.75) is 31.6 Å². The van der Waals surface area contributed by atoms with E-state index in [0.29, 0.717) is 31.7 Å². The highest BCUT2D eigenvalue weighted by Crippen LogP contribution is 2.25. The fraction of sp³-hybridized carbons (Fsp3) is 0.643. The molecule has 0 bridgehead atoms. The molecule has 0 aromatic carbocycles. The summed E-state index contributed by atoms with van der Waals surface area (Å²) in [6.45, 7) is 2.63. The van der Waals surface area contributed by atoms with Crippen LogP contribution in [0.5, 0.6) is 0 Å². The molecule has 0 spiro atoms. The molecule has 0 aliphatic carbocycles. The van der Waals surface area contributed by atoms with E-state index in [1.807, 2.05) is 12.1 Å². The van der Waals surface area contributed by atoms with Gasteiger partial charge < -0.3 is 5.32 Å². The lowest BCUT2D eigenvalue weighted by Gasteiger charge is -2.31. The Kier molecular flexibility index (Phi) is 7.21. The maximum Gasteiger partial charge on any atom is 0.230 e. The van der Waals surface area contributed by atoms with E-state index >= 15 is 0 Å². The Morgan fingerprint density at radius 1 is 1.43 bits per heavy atom. The van der Waals surface area contributed by atoms with E-state index in [1.165, 1.54) is 15.6 Å². The van der Waals surface area contributed by atoms with Crippen LogP contribution in [0.25, 0.3) is 0 Å². The minimum atomic E-state index is -3.11. The van der Waals surface area contributed by atoms with E-state index in [2.05, 4.69) is 5.32 Å². The molecule has 0 radical (unpaired) electrons. The molecular formula is C14H21ClN2O3S3. The minimum absolute atomic E-state index is 0.00875. The maximum absolute atomic E-state index is 12.0. The molecule has 1 N–H and O–H groups in total. The number of thioether (sulfide) groups is 1. The Balaban J connectivity index is 1.66. The number of hydrogen-bond acceptors (Lipinski definition) is 5. The molecule has 0 saturated carbocycles. The molecule has 9 heteroatoms. The van der Waals surface area contributed by atoms with E-state index in [9.17, 15) is 13.2 Å². The van der Waals surface area contributed by atoms with E-state index in [1.54, 1.807) is 18.7 Å². The van der Waals surface area contributed by atoms with Crippen molar-refractivity contribution in [3.8, 4) is 0 Å². The quantitative estimate of drug-likeness (QED) is 0.769. The number of nitrogens with zero attached hydrogens (tertiary/aromatic N) is 1. The van der Waals surface area contributed by atoms with Gasteiger partial charge in [0.15, 0.2) is 0 Å². The Morgan fingerprint density at radius 3 is 2.70 bits per heavy atom. The monoisotopic (exact) mass is 396 g/mol. The highest BCUT2D eigenvalue weighted by atomic mass is 35.5. The number of sulfonamides is 1. The fourth-order valence-electron chi connectivity index (χ4n) is 2.40. The highest BCUT2D eigenvalue weighted by molar-refractivity contribution is 7.99. The molecule has 2 heterocycles. The fourth-order valence-corrected chi connectivity index (χ4v) is 5.57. The molecule has 1 aliphatic heterocycles. The summed E-state index contributed by atoms with van der Waals surface area (Å²) in [4.78, 5) is 13.1. The van der Waals surface area contributed by atoms with Gasteiger partial charge in [-0.2, -0.15) is 0 Å². The number of halogens is 1. The number of thiophene rings is 1. The molecule has 1 fully saturated rings. The third-order valence-electron chi connectivity index (χ3n) is 3.68. The molecule has 130 valence electrons. The SMILES string of the molecule is CCS(=O)(=O)N1CCC(NC(=O)CSCc2ccc(Cl)s2)CC1. The summed E-state index contributed by atoms with van der Waals surface area (Å²) in [5.74, 6) is 1.32. The van der Waals surface area contributed by atoms with Crippen molar-refractivity contribution < 1.29 is 13.2 Å². The van der Waals surface area contributed by atoms with Gasteiger partial charge in [-0.1, -0.05) is 11.6 Å². The third kappa shape index (κ3) is 5.94. The van der Waals surface area contributed by atoms with Gasteiger partial charge >= 0.3 is 0 Å². The summed E-state index contributed by atoms with van der Waals surface area (Å²) in [5.41, 5.74) is 0. The first-order valence-electron chi connectivity index (χ1n) is 7.50. The van der Waals surface area contributed by atoms with Crippen LogP contribution >= 0.6 is 34.7 Å². The van der Waals surface area contributed by atoms with E-state index < -0.39 is 10.0 Å². The largest absolute Gasteiger partial charge is 0.353 e. The van der Waals surface area contributed by atoms with Crippen LogP contribution in [-0.4, -0.2) is 49.3 Å². The second kappa shape index (κ2) is 8.71. The van der Waals surface area contributed by atoms with Crippen LogP contribution in [0.2, 0.25) is 4.34 Å². The molecule has 1 aromatic rings. The van der Waals surface area contributed by atoms with Crippen molar-refractivity contribution in [1.29, 1.82) is 0 Å². The van der Waals surface area contributed by atoms with Crippen LogP contribution in [0.3, 0.4) is 0 Å². The first-order valence-corrected chi connectivity index (χ1v) is 11.5. The zero-order chi connectivity index (χ0) is 16.9. The van der Waals surface area contributed by atoms with Crippen LogP contribution in [0.1, 0.15) is 24.6 Å². The van der Waals surface area contributed by atoms with Crippen molar-refractivity contribution in [2.24, 2.45) is 0 Å². The van der Waals surface area contributed by atoms with Crippen molar-refractivity contribution in [2.75, 3.05) is 24.6 Å². The summed E-state index contributed by atoms with van der Waals surface area (Å²) in [6, 6.07) is 3.91. The topological polar surface area (TPSA) is 66.5 Å². The predicted octanol–water partition coefficient (Wildman–Crippen LogP) is 2.57. The lowest BCUT2D eigenvalue weighted by molar-refractivity contribution is -0.119. The normalized spacial score (nSPS) is 17.3. The summed E-state index contributed by atoms with van der Waals surface area (Å²) in [6.07, 6.45) is 1.35. The molecule has 1 amide bonds. The number of carbonyl (C=O) groups is 1. The van der Waals surface area contributed by atoms with Gasteiger partial charge in [0.25, 0.3) is 0 Å². The number of carbonyl (C=O) groups excluding carboxylic acids is 1. The minimum Gasteiger partial charge on any atom is -0.353 e. The number of nitrogens with one attached hydrogen (secondary N) is 1. The van der Waals surface area contributed by atoms with E-state index in [0.717, 1.165) is 15.0 Å². The Labute approximate surface area is 150 Å². The van der Waals surface area contributed by atoms with Crippen LogP contribution in [-0.2, 0) is 20.6 Å². The summed E-state index contributed by atoms with van der Waals surface area (Å²) >= 11 is 8.96. The van der Waals surface area contributed by atoms with Gasteiger partial charge in [0.2, 0.25) is 15.9 Å². The second-order valence-electron chi connectivity index (χ2n) is 5.34. The van der Waals surface area contributed by atoms with Crippen LogP contribution in [0.15, 0.2) is 12.1 Å². The van der Waals surface area contributed by atoms with Crippen molar-refractivity contribution >= 4 is 50.6 Å². The van der Waals surface area contributed by atoms with Gasteiger partial charge in [0.1, 0.15) is 0 Å². The van der Waals surface area contributed by atoms with E-state index in [-0.39, 0.29) is 17.7 Å². The first kappa shape index (κ1) is 19.1. The van der Waals surface area contributed by atoms with Gasteiger partial charge in [-0.15, -0.1) is 23.1 Å². The lowest BCUT2D eigenvalue weighted by Crippen LogP contribution is -2.47. The molecule has 0 atom stereocenters. The molecule has 1 aliphatic rings. The molecule has 1 saturated heterocycles. The van der Waals surface area contributed by atoms with Gasteiger partial charge in [0.05, 0.1) is 15.8 Å². The van der Waals surface area contributed by atoms with Gasteiger partial charge in [-0.3, -0.25) is 4.79 Å². The molecule has 2 rings (SSSR count). The Hall–Kier alpha value is -0.280. The number of rotatable bonds is 7. The molecule has 23 heavy (non-hydrogen) atoms. The van der Waals surface area contributed by atoms with Gasteiger partial charge in [0, 0.05) is 29.8 Å². The van der Waals surface area contributed by atoms with Crippen LogP contribution < -0.4 is 5.32 Å². The molecule has 5 nitrogen and oxygen atoms in total. The average Bonchev–Trinajstić information content (AvgIpc) is 2.93. The lowest BCUT2D eigenvalue weighted by atomic mass is 10.1. The standard InChI is InChI=1S/C14H21ClN2O3S3/c1-2-23(19,20)17-7-5-11(6-8-17)16-14(18)10-21-9-12-3-4-13(15)22-12/h3-4,11H,2,5-10H2,1H3,(H,16,18). The maximum atomic E-state index is 12.0. The first-order chi connectivity index (χ1) is 10.9. The van der Waals surface area contributed by atoms with Crippen molar-refractivity contribution in [3.05, 3.63) is 21.3 Å². The van der Waals surface area contributed by atoms with Crippen molar-refractivity contribution in [3.63, 3.8) is 0 Å². The molecular weight excluding hydrogens is 376 g/mol. The smallest absolute Gasteiger partial charge is 0.230 e. The van der Waals surface area contributed by atoms with Crippen LogP contribution in [0, 0.1) is 0 Å². The van der Waals surface area contributed by atoms with E-state index in [4.69, 9.17) is 11.6 Å². The van der Waals surface area contributed by atoms with Crippen molar-refractivity contribution in [1.82, 2.24) is 9.62 Å². The Bertz CT molecular complexity index is 625. The zero-order valence-electron chi connectivity index (χ0n) is 13.0. The zero-order valence-corrected chi connectivity index (χ0v) is 16.2. The second-order valence-corrected chi connectivity index (χ2v) is 10.4. The van der Waals surface area contributed by atoms with Gasteiger partial charge in [-0.25, -0.2) is 12.7 Å². The average molecular weight is 397 g/mol. The third-order valence-corrected chi connectivity index (χ3v) is 7.96. The van der Waals surface area contributed by atoms with Gasteiger partial charge in [-0.05, 0) is 31.9 Å². The molecule has 0 unspecified atom stereocenters.